The number of cyclic esters (lactones) is 2. The summed E-state index contributed by atoms with van der Waals surface area (Å²) in [6, 6.07) is 0. The van der Waals surface area contributed by atoms with E-state index >= 15 is 0 Å². The van der Waals surface area contributed by atoms with E-state index in [1.165, 1.54) is 6.42 Å². The third-order valence-electron chi connectivity index (χ3n) is 0.761. The second-order valence-electron chi connectivity index (χ2n) is 2.05. The van der Waals surface area contributed by atoms with Gasteiger partial charge < -0.3 is 4.74 Å². The first-order chi connectivity index (χ1) is 4.70. The average molecular weight is 144 g/mol. The molecule has 3 nitrogen and oxygen atoms in total. The summed E-state index contributed by atoms with van der Waals surface area (Å²) in [7, 11) is 0. The van der Waals surface area contributed by atoms with Gasteiger partial charge in [-0.1, -0.05) is 20.3 Å². The van der Waals surface area contributed by atoms with Gasteiger partial charge in [-0.3, -0.25) is 9.59 Å². The summed E-state index contributed by atoms with van der Waals surface area (Å²) in [4.78, 5) is 20.0. The van der Waals surface area contributed by atoms with Gasteiger partial charge in [0.25, 0.3) is 0 Å². The molecule has 0 amide bonds. The van der Waals surface area contributed by atoms with E-state index in [1.807, 2.05) is 0 Å². The summed E-state index contributed by atoms with van der Waals surface area (Å²) in [5.74, 6) is -0.796. The quantitative estimate of drug-likeness (QED) is 0.380. The summed E-state index contributed by atoms with van der Waals surface area (Å²) < 4.78 is 4.08. The van der Waals surface area contributed by atoms with E-state index in [0.717, 1.165) is 0 Å². The van der Waals surface area contributed by atoms with Crippen LogP contribution in [0.25, 0.3) is 0 Å². The second kappa shape index (κ2) is 4.97. The Kier molecular flexibility index (Phi) is 4.54. The van der Waals surface area contributed by atoms with Crippen LogP contribution in [0, 0.1) is 0 Å². The number of esters is 2. The average Bonchev–Trinajstić information content (AvgIpc) is 2.17. The number of ether oxygens (including phenoxy) is 1. The van der Waals surface area contributed by atoms with Gasteiger partial charge >= 0.3 is 11.9 Å². The van der Waals surface area contributed by atoms with Crippen LogP contribution in [0.5, 0.6) is 0 Å². The van der Waals surface area contributed by atoms with Gasteiger partial charge in [-0.05, 0) is 0 Å². The Labute approximate surface area is 60.4 Å². The fourth-order valence-electron chi connectivity index (χ4n) is 0.433. The number of rotatable bonds is 0. The van der Waals surface area contributed by atoms with E-state index in [2.05, 4.69) is 18.6 Å². The zero-order valence-corrected chi connectivity index (χ0v) is 6.35. The van der Waals surface area contributed by atoms with Gasteiger partial charge in [0.2, 0.25) is 0 Å². The first kappa shape index (κ1) is 9.14. The Morgan fingerprint density at radius 1 is 1.20 bits per heavy atom. The number of carbonyl (C=O) groups is 2. The highest BCUT2D eigenvalue weighted by Crippen LogP contribution is 2.03. The zero-order chi connectivity index (χ0) is 7.98. The molecule has 0 aromatic carbocycles. The maximum absolute atomic E-state index is 10.0. The minimum atomic E-state index is -0.398. The lowest BCUT2D eigenvalue weighted by Gasteiger charge is -1.79. The first-order valence-electron chi connectivity index (χ1n) is 3.44. The van der Waals surface area contributed by atoms with Crippen molar-refractivity contribution in [1.29, 1.82) is 0 Å². The highest BCUT2D eigenvalue weighted by molar-refractivity contribution is 5.92. The van der Waals surface area contributed by atoms with Crippen LogP contribution in [-0.2, 0) is 14.3 Å². The molecule has 1 fully saturated rings. The van der Waals surface area contributed by atoms with E-state index in [4.69, 9.17) is 0 Å². The highest BCUT2D eigenvalue weighted by atomic mass is 16.6. The molecule has 0 spiro atoms. The molecule has 0 radical (unpaired) electrons. The third kappa shape index (κ3) is 4.06. The van der Waals surface area contributed by atoms with Crippen LogP contribution < -0.4 is 0 Å². The maximum Gasteiger partial charge on any atom is 0.314 e. The Morgan fingerprint density at radius 2 is 1.50 bits per heavy atom. The minimum absolute atomic E-state index is 0.263. The summed E-state index contributed by atoms with van der Waals surface area (Å²) >= 11 is 0. The van der Waals surface area contributed by atoms with E-state index in [9.17, 15) is 9.59 Å². The number of hydrogen-bond acceptors (Lipinski definition) is 3. The fourth-order valence-corrected chi connectivity index (χ4v) is 0.433. The predicted octanol–water partition coefficient (Wildman–Crippen LogP) is 1.27. The molecule has 58 valence electrons. The van der Waals surface area contributed by atoms with E-state index in [-0.39, 0.29) is 12.8 Å². The van der Waals surface area contributed by atoms with Gasteiger partial charge in [0.15, 0.2) is 0 Å². The molecule has 10 heavy (non-hydrogen) atoms. The molecule has 0 aromatic heterocycles. The van der Waals surface area contributed by atoms with Crippen LogP contribution in [0.3, 0.4) is 0 Å². The van der Waals surface area contributed by atoms with Crippen molar-refractivity contribution in [2.24, 2.45) is 0 Å². The fraction of sp³-hybridized carbons (Fsp3) is 0.714. The van der Waals surface area contributed by atoms with Crippen LogP contribution in [0.15, 0.2) is 0 Å². The summed E-state index contributed by atoms with van der Waals surface area (Å²) in [5, 5.41) is 0. The van der Waals surface area contributed by atoms with Gasteiger partial charge in [0, 0.05) is 0 Å². The van der Waals surface area contributed by atoms with Crippen molar-refractivity contribution in [2.45, 2.75) is 33.1 Å². The van der Waals surface area contributed by atoms with Crippen molar-refractivity contribution in [1.82, 2.24) is 0 Å². The van der Waals surface area contributed by atoms with Crippen molar-refractivity contribution in [3.8, 4) is 0 Å². The summed E-state index contributed by atoms with van der Waals surface area (Å²) in [6.07, 6.45) is 1.78. The lowest BCUT2D eigenvalue weighted by atomic mass is 10.4. The first-order valence-corrected chi connectivity index (χ1v) is 3.44. The van der Waals surface area contributed by atoms with Crippen molar-refractivity contribution >= 4 is 11.9 Å². The Morgan fingerprint density at radius 3 is 1.60 bits per heavy atom. The van der Waals surface area contributed by atoms with E-state index < -0.39 is 11.9 Å². The smallest absolute Gasteiger partial charge is 0.314 e. The predicted molar refractivity (Wildman–Crippen MR) is 36.3 cm³/mol. The Bertz CT molecular complexity index is 115. The van der Waals surface area contributed by atoms with Crippen LogP contribution in [0.4, 0.5) is 0 Å². The van der Waals surface area contributed by atoms with E-state index in [1.54, 1.807) is 0 Å². The lowest BCUT2D eigenvalue weighted by Crippen LogP contribution is -1.94. The monoisotopic (exact) mass is 144 g/mol. The largest absolute Gasteiger partial charge is 0.393 e. The molecular weight excluding hydrogens is 132 g/mol. The normalized spacial score (nSPS) is 15.8. The van der Waals surface area contributed by atoms with Crippen molar-refractivity contribution in [2.75, 3.05) is 0 Å². The summed E-state index contributed by atoms with van der Waals surface area (Å²) in [5.41, 5.74) is 0. The molecule has 0 unspecified atom stereocenters. The van der Waals surface area contributed by atoms with Gasteiger partial charge in [0.05, 0.1) is 12.8 Å². The van der Waals surface area contributed by atoms with Crippen LogP contribution in [0.2, 0.25) is 0 Å². The van der Waals surface area contributed by atoms with Crippen LogP contribution in [-0.4, -0.2) is 11.9 Å². The van der Waals surface area contributed by atoms with Gasteiger partial charge in [-0.15, -0.1) is 0 Å². The molecule has 1 aliphatic rings. The standard InChI is InChI=1S/C4H4O3.C3H8/c5-3-1-2-4(6)7-3;1-3-2/h1-2H2;3H2,1-2H3. The van der Waals surface area contributed by atoms with Gasteiger partial charge in [-0.25, -0.2) is 0 Å². The Balaban J connectivity index is 0.000000236. The molecule has 0 N–H and O–H groups in total. The highest BCUT2D eigenvalue weighted by Gasteiger charge is 2.19. The molecule has 0 aliphatic carbocycles. The van der Waals surface area contributed by atoms with Crippen molar-refractivity contribution in [3.63, 3.8) is 0 Å². The Hall–Kier alpha value is -0.860. The van der Waals surface area contributed by atoms with Gasteiger partial charge in [0.1, 0.15) is 0 Å². The third-order valence-corrected chi connectivity index (χ3v) is 0.761. The molecule has 0 atom stereocenters. The lowest BCUT2D eigenvalue weighted by molar-refractivity contribution is -0.151. The molecule has 3 heteroatoms. The molecule has 1 saturated heterocycles. The van der Waals surface area contributed by atoms with Crippen LogP contribution in [0.1, 0.15) is 33.1 Å². The molecule has 0 saturated carbocycles. The summed E-state index contributed by atoms with van der Waals surface area (Å²) in [6.45, 7) is 4.25. The molecule has 1 rings (SSSR count). The number of carbonyl (C=O) groups excluding carboxylic acids is 2. The maximum atomic E-state index is 10.0. The number of hydrogen-bond donors (Lipinski definition) is 0. The molecule has 1 aliphatic heterocycles. The van der Waals surface area contributed by atoms with Crippen LogP contribution >= 0.6 is 0 Å². The minimum Gasteiger partial charge on any atom is -0.393 e. The van der Waals surface area contributed by atoms with Crippen molar-refractivity contribution in [3.05, 3.63) is 0 Å². The SMILES string of the molecule is CCC.O=C1CCC(=O)O1. The zero-order valence-electron chi connectivity index (χ0n) is 6.35. The van der Waals surface area contributed by atoms with E-state index in [0.29, 0.717) is 0 Å². The molecule has 1 heterocycles. The topological polar surface area (TPSA) is 43.4 Å². The molecule has 0 bridgehead atoms. The molecule has 0 aromatic rings. The van der Waals surface area contributed by atoms with Crippen molar-refractivity contribution < 1.29 is 14.3 Å². The van der Waals surface area contributed by atoms with Gasteiger partial charge in [-0.2, -0.15) is 0 Å². The molecular formula is C7H12O3. The second-order valence-corrected chi connectivity index (χ2v) is 2.05.